The summed E-state index contributed by atoms with van der Waals surface area (Å²) in [5.74, 6) is 0.456. The monoisotopic (exact) mass is 285 g/mol. The van der Waals surface area contributed by atoms with E-state index in [0.717, 1.165) is 16.5 Å². The summed E-state index contributed by atoms with van der Waals surface area (Å²) in [5, 5.41) is 11.0. The number of amides is 1. The predicted molar refractivity (Wildman–Crippen MR) is 74.5 cm³/mol. The topological polar surface area (TPSA) is 83.6 Å². The van der Waals surface area contributed by atoms with Crippen molar-refractivity contribution in [3.8, 4) is 11.3 Å². The molecule has 1 aliphatic rings. The van der Waals surface area contributed by atoms with Gasteiger partial charge in [0.1, 0.15) is 0 Å². The van der Waals surface area contributed by atoms with Crippen LogP contribution in [0.2, 0.25) is 5.02 Å². The number of aromatic nitrogens is 4. The molecule has 20 heavy (non-hydrogen) atoms. The molecule has 3 heterocycles. The van der Waals surface area contributed by atoms with Gasteiger partial charge in [-0.1, -0.05) is 17.7 Å². The highest BCUT2D eigenvalue weighted by molar-refractivity contribution is 6.35. The second-order valence-electron chi connectivity index (χ2n) is 4.53. The lowest BCUT2D eigenvalue weighted by atomic mass is 10.1. The fourth-order valence-corrected chi connectivity index (χ4v) is 2.55. The van der Waals surface area contributed by atoms with Crippen LogP contribution in [0.4, 0.5) is 5.82 Å². The first kappa shape index (κ1) is 11.4. The molecule has 7 heteroatoms. The number of rotatable bonds is 1. The molecule has 98 valence electrons. The zero-order valence-electron chi connectivity index (χ0n) is 10.1. The maximum Gasteiger partial charge on any atom is 0.231 e. The van der Waals surface area contributed by atoms with Crippen molar-refractivity contribution in [2.75, 3.05) is 5.32 Å². The van der Waals surface area contributed by atoms with Crippen LogP contribution in [0.1, 0.15) is 5.69 Å². The summed E-state index contributed by atoms with van der Waals surface area (Å²) in [7, 11) is 0. The van der Waals surface area contributed by atoms with E-state index in [1.165, 1.54) is 0 Å². The number of H-pyrrole nitrogens is 1. The summed E-state index contributed by atoms with van der Waals surface area (Å²) in [4.78, 5) is 20.1. The lowest BCUT2D eigenvalue weighted by molar-refractivity contribution is -0.115. The van der Waals surface area contributed by atoms with Crippen LogP contribution in [-0.2, 0) is 11.2 Å². The molecule has 0 radical (unpaired) electrons. The number of aromatic amines is 1. The van der Waals surface area contributed by atoms with Crippen molar-refractivity contribution in [2.45, 2.75) is 6.42 Å². The molecule has 0 unspecified atom stereocenters. The molecule has 0 saturated heterocycles. The Kier molecular flexibility index (Phi) is 2.28. The van der Waals surface area contributed by atoms with Crippen LogP contribution in [0.15, 0.2) is 24.5 Å². The lowest BCUT2D eigenvalue weighted by Crippen LogP contribution is -2.04. The average Bonchev–Trinajstić information content (AvgIpc) is 3.04. The molecule has 0 aliphatic carbocycles. The molecule has 2 N–H and O–H groups in total. The van der Waals surface area contributed by atoms with Gasteiger partial charge in [0.05, 0.1) is 40.7 Å². The van der Waals surface area contributed by atoms with Crippen LogP contribution >= 0.6 is 11.6 Å². The summed E-state index contributed by atoms with van der Waals surface area (Å²) in [6.45, 7) is 0. The molecular formula is C13H8ClN5O. The largest absolute Gasteiger partial charge is 0.309 e. The molecule has 0 atom stereocenters. The predicted octanol–water partition coefficient (Wildman–Crippen LogP) is 2.17. The number of anilines is 1. The molecule has 0 spiro atoms. The number of carbonyl (C=O) groups is 1. The summed E-state index contributed by atoms with van der Waals surface area (Å²) in [6.07, 6.45) is 3.60. The number of benzene rings is 1. The second kappa shape index (κ2) is 4.01. The van der Waals surface area contributed by atoms with Crippen molar-refractivity contribution in [2.24, 2.45) is 0 Å². The van der Waals surface area contributed by atoms with Gasteiger partial charge in [0, 0.05) is 10.9 Å². The van der Waals surface area contributed by atoms with Gasteiger partial charge >= 0.3 is 0 Å². The molecule has 0 saturated carbocycles. The average molecular weight is 286 g/mol. The van der Waals surface area contributed by atoms with E-state index in [1.54, 1.807) is 18.5 Å². The van der Waals surface area contributed by atoms with Gasteiger partial charge in [-0.25, -0.2) is 9.97 Å². The van der Waals surface area contributed by atoms with Gasteiger partial charge in [-0.05, 0) is 6.07 Å². The first-order valence-corrected chi connectivity index (χ1v) is 6.38. The van der Waals surface area contributed by atoms with E-state index in [-0.39, 0.29) is 12.3 Å². The Morgan fingerprint density at radius 1 is 1.25 bits per heavy atom. The molecule has 1 aliphatic heterocycles. The Morgan fingerprint density at radius 2 is 2.15 bits per heavy atom. The molecule has 1 amide bonds. The Morgan fingerprint density at radius 3 is 3.05 bits per heavy atom. The minimum absolute atomic E-state index is 0.0817. The van der Waals surface area contributed by atoms with E-state index >= 15 is 0 Å². The normalized spacial score (nSPS) is 13.6. The molecule has 2 aromatic heterocycles. The first-order valence-electron chi connectivity index (χ1n) is 6.00. The van der Waals surface area contributed by atoms with E-state index in [0.29, 0.717) is 22.2 Å². The van der Waals surface area contributed by atoms with Gasteiger partial charge in [-0.3, -0.25) is 9.89 Å². The van der Waals surface area contributed by atoms with Crippen molar-refractivity contribution < 1.29 is 4.79 Å². The maximum absolute atomic E-state index is 11.3. The standard InChI is InChI=1S/C13H8ClN5O/c14-8-2-1-6(7-4-16-19-12(7)8)10-5-15-13-9(17-10)3-11(20)18-13/h1-2,4-5H,3H2,(H,16,19)(H,15,18,20). The van der Waals surface area contributed by atoms with Gasteiger partial charge in [0.25, 0.3) is 0 Å². The van der Waals surface area contributed by atoms with E-state index in [1.807, 2.05) is 6.07 Å². The van der Waals surface area contributed by atoms with E-state index in [4.69, 9.17) is 11.6 Å². The lowest BCUT2D eigenvalue weighted by Gasteiger charge is -2.05. The van der Waals surface area contributed by atoms with Crippen molar-refractivity contribution in [3.63, 3.8) is 0 Å². The molecular weight excluding hydrogens is 278 g/mol. The van der Waals surface area contributed by atoms with Crippen molar-refractivity contribution in [1.29, 1.82) is 0 Å². The van der Waals surface area contributed by atoms with Gasteiger partial charge < -0.3 is 5.32 Å². The molecule has 0 fully saturated rings. The van der Waals surface area contributed by atoms with Gasteiger partial charge in [-0.15, -0.1) is 0 Å². The zero-order chi connectivity index (χ0) is 13.7. The minimum Gasteiger partial charge on any atom is -0.309 e. The number of hydrogen-bond donors (Lipinski definition) is 2. The third kappa shape index (κ3) is 1.58. The Balaban J connectivity index is 1.92. The zero-order valence-corrected chi connectivity index (χ0v) is 10.9. The highest BCUT2D eigenvalue weighted by Gasteiger charge is 2.21. The molecule has 4 rings (SSSR count). The van der Waals surface area contributed by atoms with Crippen molar-refractivity contribution in [1.82, 2.24) is 20.2 Å². The molecule has 1 aromatic carbocycles. The van der Waals surface area contributed by atoms with Crippen LogP contribution in [-0.4, -0.2) is 26.1 Å². The fraction of sp³-hybridized carbons (Fsp3) is 0.0769. The Labute approximate surface area is 118 Å². The van der Waals surface area contributed by atoms with E-state index < -0.39 is 0 Å². The number of nitrogens with one attached hydrogen (secondary N) is 2. The van der Waals surface area contributed by atoms with Crippen molar-refractivity contribution >= 4 is 34.2 Å². The van der Waals surface area contributed by atoms with Crippen LogP contribution < -0.4 is 5.32 Å². The highest BCUT2D eigenvalue weighted by Crippen LogP contribution is 2.31. The number of carbonyl (C=O) groups excluding carboxylic acids is 1. The number of nitrogens with zero attached hydrogens (tertiary/aromatic N) is 3. The maximum atomic E-state index is 11.3. The van der Waals surface area contributed by atoms with Crippen LogP contribution in [0, 0.1) is 0 Å². The smallest absolute Gasteiger partial charge is 0.231 e. The summed E-state index contributed by atoms with van der Waals surface area (Å²) in [5.41, 5.74) is 3.01. The highest BCUT2D eigenvalue weighted by atomic mass is 35.5. The second-order valence-corrected chi connectivity index (χ2v) is 4.94. The van der Waals surface area contributed by atoms with Gasteiger partial charge in [0.15, 0.2) is 5.82 Å². The van der Waals surface area contributed by atoms with Crippen LogP contribution in [0.3, 0.4) is 0 Å². The van der Waals surface area contributed by atoms with E-state index in [2.05, 4.69) is 25.5 Å². The number of halogens is 1. The molecule has 3 aromatic rings. The van der Waals surface area contributed by atoms with Crippen molar-refractivity contribution in [3.05, 3.63) is 35.2 Å². The van der Waals surface area contributed by atoms with Crippen LogP contribution in [0.5, 0.6) is 0 Å². The molecule has 6 nitrogen and oxygen atoms in total. The summed E-state index contributed by atoms with van der Waals surface area (Å²) < 4.78 is 0. The number of hydrogen-bond acceptors (Lipinski definition) is 4. The van der Waals surface area contributed by atoms with Gasteiger partial charge in [0.2, 0.25) is 5.91 Å². The third-order valence-electron chi connectivity index (χ3n) is 3.27. The van der Waals surface area contributed by atoms with Gasteiger partial charge in [-0.2, -0.15) is 5.10 Å². The SMILES string of the molecule is O=C1Cc2nc(-c3ccc(Cl)c4[nH]ncc34)cnc2N1. The molecule has 0 bridgehead atoms. The summed E-state index contributed by atoms with van der Waals surface area (Å²) >= 11 is 6.11. The fourth-order valence-electron chi connectivity index (χ4n) is 2.34. The summed E-state index contributed by atoms with van der Waals surface area (Å²) in [6, 6.07) is 3.66. The minimum atomic E-state index is -0.0817. The Bertz CT molecular complexity index is 857. The first-order chi connectivity index (χ1) is 9.72. The Hall–Kier alpha value is -2.47. The van der Waals surface area contributed by atoms with Crippen LogP contribution in [0.25, 0.3) is 22.2 Å². The van der Waals surface area contributed by atoms with E-state index in [9.17, 15) is 4.79 Å². The quantitative estimate of drug-likeness (QED) is 0.718. The third-order valence-corrected chi connectivity index (χ3v) is 3.59. The number of fused-ring (bicyclic) bond motifs is 2.